The van der Waals surface area contributed by atoms with Crippen molar-refractivity contribution in [2.24, 2.45) is 0 Å². The van der Waals surface area contributed by atoms with Gasteiger partial charge in [0.25, 0.3) is 0 Å². The van der Waals surface area contributed by atoms with Crippen LogP contribution in [0.4, 0.5) is 10.9 Å². The summed E-state index contributed by atoms with van der Waals surface area (Å²) in [6.07, 6.45) is 8.65. The number of phenolic OH excluding ortho intramolecular Hbond substituents is 1. The Balaban J connectivity index is 1.47. The zero-order valence-electron chi connectivity index (χ0n) is 20.3. The molecule has 0 radical (unpaired) electrons. The SMILES string of the molecule is CCCN1CCN(c2nn3c(NC4CCCCCC4)c(-c4ccc(OC)c(O)c4)nc3s2)CC1. The van der Waals surface area contributed by atoms with Crippen molar-refractivity contribution in [3.8, 4) is 22.8 Å². The predicted octanol–water partition coefficient (Wildman–Crippen LogP) is 4.84. The lowest BCUT2D eigenvalue weighted by molar-refractivity contribution is 0.258. The monoisotopic (exact) mass is 484 g/mol. The number of benzene rings is 1. The van der Waals surface area contributed by atoms with E-state index in [-0.39, 0.29) is 5.75 Å². The number of hydrogen-bond acceptors (Lipinski definition) is 8. The van der Waals surface area contributed by atoms with Gasteiger partial charge in [-0.1, -0.05) is 43.9 Å². The fraction of sp³-hybridized carbons (Fsp3) is 0.600. The molecule has 5 rings (SSSR count). The molecule has 3 aromatic rings. The number of aromatic nitrogens is 3. The highest BCUT2D eigenvalue weighted by Gasteiger charge is 2.25. The molecule has 0 amide bonds. The van der Waals surface area contributed by atoms with Crippen LogP contribution in [0.3, 0.4) is 0 Å². The molecule has 0 bridgehead atoms. The van der Waals surface area contributed by atoms with Crippen molar-refractivity contribution in [2.45, 2.75) is 57.9 Å². The minimum absolute atomic E-state index is 0.121. The molecule has 2 fully saturated rings. The summed E-state index contributed by atoms with van der Waals surface area (Å²) in [5, 5.41) is 20.3. The molecule has 9 heteroatoms. The van der Waals surface area contributed by atoms with Gasteiger partial charge in [-0.25, -0.2) is 4.98 Å². The number of nitrogens with zero attached hydrogens (tertiary/aromatic N) is 5. The fourth-order valence-corrected chi connectivity index (χ4v) is 6.08. The maximum Gasteiger partial charge on any atom is 0.216 e. The normalized spacial score (nSPS) is 18.4. The highest BCUT2D eigenvalue weighted by atomic mass is 32.1. The lowest BCUT2D eigenvalue weighted by Crippen LogP contribution is -2.46. The average molecular weight is 485 g/mol. The van der Waals surface area contributed by atoms with Crippen molar-refractivity contribution in [3.63, 3.8) is 0 Å². The molecule has 2 aliphatic rings. The van der Waals surface area contributed by atoms with Gasteiger partial charge in [-0.15, -0.1) is 5.10 Å². The third kappa shape index (κ3) is 4.81. The first-order valence-electron chi connectivity index (χ1n) is 12.7. The number of methoxy groups -OCH3 is 1. The summed E-state index contributed by atoms with van der Waals surface area (Å²) in [5.41, 5.74) is 1.70. The van der Waals surface area contributed by atoms with E-state index in [1.807, 2.05) is 10.6 Å². The number of hydrogen-bond donors (Lipinski definition) is 2. The largest absolute Gasteiger partial charge is 0.504 e. The van der Waals surface area contributed by atoms with Crippen LogP contribution in [0.2, 0.25) is 0 Å². The first-order valence-corrected chi connectivity index (χ1v) is 13.5. The van der Waals surface area contributed by atoms with Crippen LogP contribution in [-0.2, 0) is 0 Å². The van der Waals surface area contributed by atoms with E-state index in [0.29, 0.717) is 11.8 Å². The molecule has 2 aromatic heterocycles. The van der Waals surface area contributed by atoms with E-state index in [1.54, 1.807) is 30.6 Å². The second-order valence-corrected chi connectivity index (χ2v) is 10.4. The van der Waals surface area contributed by atoms with Crippen molar-refractivity contribution in [1.29, 1.82) is 0 Å². The molecule has 3 heterocycles. The summed E-state index contributed by atoms with van der Waals surface area (Å²) >= 11 is 1.65. The van der Waals surface area contributed by atoms with Crippen molar-refractivity contribution < 1.29 is 9.84 Å². The van der Waals surface area contributed by atoms with Crippen LogP contribution in [-0.4, -0.2) is 70.5 Å². The van der Waals surface area contributed by atoms with E-state index in [4.69, 9.17) is 14.8 Å². The summed E-state index contributed by atoms with van der Waals surface area (Å²) in [5.74, 6) is 1.51. The van der Waals surface area contributed by atoms with Gasteiger partial charge in [0.1, 0.15) is 5.69 Å². The first-order chi connectivity index (χ1) is 16.7. The van der Waals surface area contributed by atoms with E-state index in [0.717, 1.165) is 66.2 Å². The van der Waals surface area contributed by atoms with Gasteiger partial charge in [-0.3, -0.25) is 4.90 Å². The van der Waals surface area contributed by atoms with E-state index >= 15 is 0 Å². The zero-order chi connectivity index (χ0) is 23.5. The molecule has 0 unspecified atom stereocenters. The zero-order valence-corrected chi connectivity index (χ0v) is 21.1. The Morgan fingerprint density at radius 1 is 1.12 bits per heavy atom. The van der Waals surface area contributed by atoms with Crippen LogP contribution in [0.25, 0.3) is 16.2 Å². The highest BCUT2D eigenvalue weighted by molar-refractivity contribution is 7.20. The molecule has 34 heavy (non-hydrogen) atoms. The molecule has 1 aromatic carbocycles. The van der Waals surface area contributed by atoms with Crippen molar-refractivity contribution >= 4 is 27.2 Å². The fourth-order valence-electron chi connectivity index (χ4n) is 5.13. The molecule has 1 saturated carbocycles. The number of fused-ring (bicyclic) bond motifs is 1. The third-order valence-corrected chi connectivity index (χ3v) is 7.99. The maximum absolute atomic E-state index is 10.4. The van der Waals surface area contributed by atoms with E-state index < -0.39 is 0 Å². The Hall–Kier alpha value is -2.52. The smallest absolute Gasteiger partial charge is 0.216 e. The van der Waals surface area contributed by atoms with Crippen molar-refractivity contribution in [1.82, 2.24) is 19.5 Å². The topological polar surface area (TPSA) is 78.2 Å². The van der Waals surface area contributed by atoms with Gasteiger partial charge in [-0.05, 0) is 44.0 Å². The molecular formula is C25H36N6O2S. The Morgan fingerprint density at radius 3 is 2.56 bits per heavy atom. The quantitative estimate of drug-likeness (QED) is 0.465. The molecule has 1 aliphatic carbocycles. The molecule has 0 spiro atoms. The molecule has 2 N–H and O–H groups in total. The Labute approximate surface area is 205 Å². The summed E-state index contributed by atoms with van der Waals surface area (Å²) in [7, 11) is 1.56. The summed E-state index contributed by atoms with van der Waals surface area (Å²) in [6, 6.07) is 5.90. The Bertz CT molecular complexity index is 1100. The second-order valence-electron chi connectivity index (χ2n) is 9.44. The minimum atomic E-state index is 0.121. The Kier molecular flexibility index (Phi) is 7.10. The third-order valence-electron chi connectivity index (χ3n) is 7.02. The molecule has 1 aliphatic heterocycles. The van der Waals surface area contributed by atoms with E-state index in [9.17, 15) is 5.11 Å². The summed E-state index contributed by atoms with van der Waals surface area (Å²) < 4.78 is 7.23. The van der Waals surface area contributed by atoms with Gasteiger partial charge in [0.2, 0.25) is 10.1 Å². The molecule has 184 valence electrons. The number of imidazole rings is 1. The van der Waals surface area contributed by atoms with E-state index in [2.05, 4.69) is 22.0 Å². The van der Waals surface area contributed by atoms with Crippen LogP contribution in [0.1, 0.15) is 51.9 Å². The number of ether oxygens (including phenoxy) is 1. The standard InChI is InChI=1S/C25H36N6O2S/c1-3-12-29-13-15-30(16-14-29)25-28-31-23(26-19-8-6-4-5-7-9-19)22(27-24(31)34-25)18-10-11-21(33-2)20(32)17-18/h10-11,17,19,26,32H,3-9,12-16H2,1-2H3. The summed E-state index contributed by atoms with van der Waals surface area (Å²) in [6.45, 7) is 7.58. The number of phenols is 1. The first kappa shape index (κ1) is 23.2. The van der Waals surface area contributed by atoms with Gasteiger partial charge < -0.3 is 20.1 Å². The highest BCUT2D eigenvalue weighted by Crippen LogP contribution is 2.38. The van der Waals surface area contributed by atoms with Crippen molar-refractivity contribution in [2.75, 3.05) is 50.1 Å². The number of anilines is 2. The van der Waals surface area contributed by atoms with Gasteiger partial charge in [0.05, 0.1) is 7.11 Å². The van der Waals surface area contributed by atoms with Gasteiger partial charge in [-0.2, -0.15) is 4.52 Å². The number of aromatic hydroxyl groups is 1. The average Bonchev–Trinajstić information content (AvgIpc) is 3.29. The van der Waals surface area contributed by atoms with E-state index in [1.165, 1.54) is 38.6 Å². The maximum atomic E-state index is 10.4. The second kappa shape index (κ2) is 10.4. The van der Waals surface area contributed by atoms with Crippen LogP contribution in [0.5, 0.6) is 11.5 Å². The molecule has 8 nitrogen and oxygen atoms in total. The van der Waals surface area contributed by atoms with Crippen LogP contribution >= 0.6 is 11.3 Å². The van der Waals surface area contributed by atoms with Gasteiger partial charge in [0, 0.05) is 37.8 Å². The summed E-state index contributed by atoms with van der Waals surface area (Å²) in [4.78, 5) is 10.8. The van der Waals surface area contributed by atoms with Crippen LogP contribution in [0, 0.1) is 0 Å². The molecular weight excluding hydrogens is 448 g/mol. The lowest BCUT2D eigenvalue weighted by atomic mass is 10.1. The molecule has 0 atom stereocenters. The lowest BCUT2D eigenvalue weighted by Gasteiger charge is -2.34. The minimum Gasteiger partial charge on any atom is -0.504 e. The Morgan fingerprint density at radius 2 is 1.88 bits per heavy atom. The number of rotatable bonds is 7. The van der Waals surface area contributed by atoms with Gasteiger partial charge in [0.15, 0.2) is 17.3 Å². The van der Waals surface area contributed by atoms with Crippen LogP contribution < -0.4 is 15.0 Å². The molecule has 1 saturated heterocycles. The van der Waals surface area contributed by atoms with Gasteiger partial charge >= 0.3 is 0 Å². The van der Waals surface area contributed by atoms with Crippen LogP contribution in [0.15, 0.2) is 18.2 Å². The number of piperazine rings is 1. The van der Waals surface area contributed by atoms with Crippen molar-refractivity contribution in [3.05, 3.63) is 18.2 Å². The number of nitrogens with one attached hydrogen (secondary N) is 1. The predicted molar refractivity (Wildman–Crippen MR) is 139 cm³/mol.